The van der Waals surface area contributed by atoms with Gasteiger partial charge in [-0.25, -0.2) is 0 Å². The fraction of sp³-hybridized carbons (Fsp3) is 0.417. The number of nitrogens with two attached hydrogens (primary N) is 1. The standard InChI is InChI=1S/C12H15F2NO3/c1-6(2)10(11(16)17)8-5-7(18-12(13)14)3-4-9(8)15/h3-6,10,12H,15H2,1-2H3,(H,16,17). The van der Waals surface area contributed by atoms with Crippen LogP contribution < -0.4 is 10.5 Å². The fourth-order valence-corrected chi connectivity index (χ4v) is 1.78. The van der Waals surface area contributed by atoms with Gasteiger partial charge in [-0.2, -0.15) is 8.78 Å². The van der Waals surface area contributed by atoms with Crippen molar-refractivity contribution in [2.45, 2.75) is 26.4 Å². The van der Waals surface area contributed by atoms with E-state index in [-0.39, 0.29) is 22.9 Å². The third-order valence-corrected chi connectivity index (χ3v) is 2.55. The lowest BCUT2D eigenvalue weighted by Gasteiger charge is -2.19. The molecule has 1 aromatic rings. The van der Waals surface area contributed by atoms with Crippen LogP contribution in [-0.4, -0.2) is 17.7 Å². The van der Waals surface area contributed by atoms with Crippen molar-refractivity contribution in [2.75, 3.05) is 5.73 Å². The molecule has 100 valence electrons. The predicted molar refractivity (Wildman–Crippen MR) is 62.7 cm³/mol. The molecule has 0 aliphatic carbocycles. The van der Waals surface area contributed by atoms with Crippen molar-refractivity contribution >= 4 is 11.7 Å². The minimum Gasteiger partial charge on any atom is -0.481 e. The van der Waals surface area contributed by atoms with E-state index in [1.807, 2.05) is 0 Å². The minimum absolute atomic E-state index is 0.0962. The fourth-order valence-electron chi connectivity index (χ4n) is 1.78. The van der Waals surface area contributed by atoms with Gasteiger partial charge in [-0.1, -0.05) is 13.8 Å². The summed E-state index contributed by atoms with van der Waals surface area (Å²) in [4.78, 5) is 11.2. The molecule has 0 aliphatic heterocycles. The first-order chi connectivity index (χ1) is 8.32. The van der Waals surface area contributed by atoms with Gasteiger partial charge in [0.15, 0.2) is 0 Å². The van der Waals surface area contributed by atoms with Crippen LogP contribution in [0.4, 0.5) is 14.5 Å². The first-order valence-corrected chi connectivity index (χ1v) is 5.40. The van der Waals surface area contributed by atoms with E-state index >= 15 is 0 Å². The Morgan fingerprint density at radius 3 is 2.44 bits per heavy atom. The molecule has 6 heteroatoms. The molecule has 0 radical (unpaired) electrons. The molecule has 1 unspecified atom stereocenters. The maximum absolute atomic E-state index is 12.1. The summed E-state index contributed by atoms with van der Waals surface area (Å²) in [6.07, 6.45) is 0. The van der Waals surface area contributed by atoms with Gasteiger partial charge < -0.3 is 15.6 Å². The lowest BCUT2D eigenvalue weighted by atomic mass is 9.87. The summed E-state index contributed by atoms with van der Waals surface area (Å²) in [7, 11) is 0. The molecule has 0 bridgehead atoms. The third-order valence-electron chi connectivity index (χ3n) is 2.55. The summed E-state index contributed by atoms with van der Waals surface area (Å²) < 4.78 is 28.4. The van der Waals surface area contributed by atoms with E-state index in [2.05, 4.69) is 4.74 Å². The number of nitrogen functional groups attached to an aromatic ring is 1. The van der Waals surface area contributed by atoms with Gasteiger partial charge >= 0.3 is 12.6 Å². The van der Waals surface area contributed by atoms with Crippen molar-refractivity contribution in [3.05, 3.63) is 23.8 Å². The normalized spacial score (nSPS) is 12.8. The highest BCUT2D eigenvalue weighted by Gasteiger charge is 2.26. The van der Waals surface area contributed by atoms with Crippen molar-refractivity contribution < 1.29 is 23.4 Å². The molecule has 1 atom stereocenters. The first kappa shape index (κ1) is 14.2. The third kappa shape index (κ3) is 3.32. The number of carbonyl (C=O) groups is 1. The number of aliphatic carboxylic acids is 1. The molecule has 0 saturated heterocycles. The largest absolute Gasteiger partial charge is 0.481 e. The Hall–Kier alpha value is -1.85. The number of anilines is 1. The molecular formula is C12H15F2NO3. The summed E-state index contributed by atoms with van der Waals surface area (Å²) in [5, 5.41) is 9.15. The second-order valence-corrected chi connectivity index (χ2v) is 4.23. The van der Waals surface area contributed by atoms with Gasteiger partial charge in [0.1, 0.15) is 5.75 Å². The molecule has 1 rings (SSSR count). The van der Waals surface area contributed by atoms with Gasteiger partial charge in [0.25, 0.3) is 0 Å². The molecule has 0 heterocycles. The minimum atomic E-state index is -2.95. The Morgan fingerprint density at radius 2 is 2.00 bits per heavy atom. The molecule has 0 fully saturated rings. The van der Waals surface area contributed by atoms with E-state index in [1.54, 1.807) is 13.8 Å². The van der Waals surface area contributed by atoms with Gasteiger partial charge in [-0.15, -0.1) is 0 Å². The van der Waals surface area contributed by atoms with E-state index < -0.39 is 18.5 Å². The van der Waals surface area contributed by atoms with Crippen LogP contribution in [0.5, 0.6) is 5.75 Å². The van der Waals surface area contributed by atoms with Crippen molar-refractivity contribution in [1.82, 2.24) is 0 Å². The van der Waals surface area contributed by atoms with Gasteiger partial charge in [0.05, 0.1) is 5.92 Å². The molecule has 0 aliphatic rings. The van der Waals surface area contributed by atoms with Crippen LogP contribution in [0, 0.1) is 5.92 Å². The molecule has 4 nitrogen and oxygen atoms in total. The smallest absolute Gasteiger partial charge is 0.387 e. The highest BCUT2D eigenvalue weighted by atomic mass is 19.3. The van der Waals surface area contributed by atoms with Crippen LogP contribution in [0.3, 0.4) is 0 Å². The molecule has 0 aromatic heterocycles. The summed E-state index contributed by atoms with van der Waals surface area (Å²) >= 11 is 0. The lowest BCUT2D eigenvalue weighted by molar-refractivity contribution is -0.139. The van der Waals surface area contributed by atoms with Crippen LogP contribution in [0.25, 0.3) is 0 Å². The van der Waals surface area contributed by atoms with E-state index in [4.69, 9.17) is 10.8 Å². The number of hydrogen-bond acceptors (Lipinski definition) is 3. The number of carboxylic acids is 1. The zero-order valence-corrected chi connectivity index (χ0v) is 10.1. The summed E-state index contributed by atoms with van der Waals surface area (Å²) in [6, 6.07) is 3.90. The van der Waals surface area contributed by atoms with Crippen molar-refractivity contribution in [3.8, 4) is 5.75 Å². The zero-order valence-electron chi connectivity index (χ0n) is 10.1. The first-order valence-electron chi connectivity index (χ1n) is 5.40. The monoisotopic (exact) mass is 259 g/mol. The van der Waals surface area contributed by atoms with Crippen LogP contribution in [0.1, 0.15) is 25.3 Å². The number of alkyl halides is 2. The molecule has 1 aromatic carbocycles. The maximum atomic E-state index is 12.1. The van der Waals surface area contributed by atoms with Gasteiger partial charge in [0, 0.05) is 5.69 Å². The van der Waals surface area contributed by atoms with Crippen LogP contribution in [0.2, 0.25) is 0 Å². The molecule has 0 amide bonds. The summed E-state index contributed by atoms with van der Waals surface area (Å²) in [5.74, 6) is -2.22. The van der Waals surface area contributed by atoms with E-state index in [0.717, 1.165) is 0 Å². The maximum Gasteiger partial charge on any atom is 0.387 e. The van der Waals surface area contributed by atoms with Crippen LogP contribution in [0.15, 0.2) is 18.2 Å². The Balaban J connectivity index is 3.16. The van der Waals surface area contributed by atoms with Gasteiger partial charge in [-0.05, 0) is 29.7 Å². The Bertz CT molecular complexity index is 435. The molecule has 0 spiro atoms. The Labute approximate surface area is 103 Å². The second-order valence-electron chi connectivity index (χ2n) is 4.23. The highest BCUT2D eigenvalue weighted by Crippen LogP contribution is 2.32. The number of hydrogen-bond donors (Lipinski definition) is 2. The summed E-state index contributed by atoms with van der Waals surface area (Å²) in [5.41, 5.74) is 6.23. The zero-order chi connectivity index (χ0) is 13.9. The Kier molecular flexibility index (Phi) is 4.47. The lowest BCUT2D eigenvalue weighted by Crippen LogP contribution is -2.19. The quantitative estimate of drug-likeness (QED) is 0.797. The van der Waals surface area contributed by atoms with E-state index in [9.17, 15) is 13.6 Å². The number of rotatable bonds is 5. The van der Waals surface area contributed by atoms with Crippen molar-refractivity contribution in [3.63, 3.8) is 0 Å². The average Bonchev–Trinajstić information content (AvgIpc) is 2.21. The van der Waals surface area contributed by atoms with Crippen molar-refractivity contribution in [2.24, 2.45) is 5.92 Å². The van der Waals surface area contributed by atoms with Crippen LogP contribution in [-0.2, 0) is 4.79 Å². The topological polar surface area (TPSA) is 72.5 Å². The molecule has 0 saturated carbocycles. The number of ether oxygens (including phenoxy) is 1. The number of benzene rings is 1. The summed E-state index contributed by atoms with van der Waals surface area (Å²) in [6.45, 7) is 0.487. The molecule has 3 N–H and O–H groups in total. The van der Waals surface area contributed by atoms with Crippen molar-refractivity contribution in [1.29, 1.82) is 0 Å². The molecule has 18 heavy (non-hydrogen) atoms. The predicted octanol–water partition coefficient (Wildman–Crippen LogP) is 2.69. The van der Waals surface area contributed by atoms with E-state index in [1.165, 1.54) is 18.2 Å². The number of halogens is 2. The molecular weight excluding hydrogens is 244 g/mol. The SMILES string of the molecule is CC(C)C(C(=O)O)c1cc(OC(F)F)ccc1N. The average molecular weight is 259 g/mol. The Morgan fingerprint density at radius 1 is 1.39 bits per heavy atom. The highest BCUT2D eigenvalue weighted by molar-refractivity contribution is 5.79. The second kappa shape index (κ2) is 5.66. The van der Waals surface area contributed by atoms with E-state index in [0.29, 0.717) is 0 Å². The van der Waals surface area contributed by atoms with Crippen LogP contribution >= 0.6 is 0 Å². The number of carboxylic acid groups (broad SMARTS) is 1. The van der Waals surface area contributed by atoms with Gasteiger partial charge in [0.2, 0.25) is 0 Å². The van der Waals surface area contributed by atoms with Gasteiger partial charge in [-0.3, -0.25) is 4.79 Å².